The van der Waals surface area contributed by atoms with E-state index in [4.69, 9.17) is 25.8 Å². The van der Waals surface area contributed by atoms with Gasteiger partial charge in [-0.2, -0.15) is 0 Å². The highest BCUT2D eigenvalue weighted by molar-refractivity contribution is 6.32. The quantitative estimate of drug-likeness (QED) is 0.346. The zero-order valence-electron chi connectivity index (χ0n) is 19.0. The van der Waals surface area contributed by atoms with Gasteiger partial charge in [-0.1, -0.05) is 11.6 Å². The van der Waals surface area contributed by atoms with Crippen molar-refractivity contribution in [2.24, 2.45) is 0 Å². The summed E-state index contributed by atoms with van der Waals surface area (Å²) in [7, 11) is 2.84. The number of alkyl carbamates (subject to hydrolysis) is 1. The van der Waals surface area contributed by atoms with Gasteiger partial charge in [0.15, 0.2) is 5.75 Å². The van der Waals surface area contributed by atoms with Gasteiger partial charge in [-0.25, -0.2) is 9.18 Å². The number of H-pyrrole nitrogens is 1. The van der Waals surface area contributed by atoms with Crippen molar-refractivity contribution in [2.75, 3.05) is 39.2 Å². The fourth-order valence-corrected chi connectivity index (χ4v) is 3.97. The summed E-state index contributed by atoms with van der Waals surface area (Å²) in [4.78, 5) is 31.5. The Labute approximate surface area is 205 Å². The van der Waals surface area contributed by atoms with Crippen LogP contribution in [0.4, 0.5) is 20.6 Å². The number of carbonyl (C=O) groups excluding carboxylic acids is 2. The Morgan fingerprint density at radius 3 is 2.89 bits per heavy atom. The fraction of sp³-hybridized carbons (Fsp3) is 0.261. The molecular weight excluding hydrogens is 481 g/mol. The maximum Gasteiger partial charge on any atom is 0.406 e. The Kier molecular flexibility index (Phi) is 7.25. The van der Waals surface area contributed by atoms with E-state index < -0.39 is 11.9 Å². The number of hydrogen-bond donors (Lipinski definition) is 4. The molecule has 12 heteroatoms. The second kappa shape index (κ2) is 10.5. The maximum atomic E-state index is 14.0. The van der Waals surface area contributed by atoms with Gasteiger partial charge in [0.2, 0.25) is 0 Å². The molecule has 1 aromatic carbocycles. The normalized spacial score (nSPS) is 12.4. The highest BCUT2D eigenvalue weighted by Gasteiger charge is 2.29. The molecule has 1 aliphatic heterocycles. The van der Waals surface area contributed by atoms with E-state index in [0.717, 1.165) is 5.69 Å². The van der Waals surface area contributed by atoms with Crippen molar-refractivity contribution in [2.45, 2.75) is 6.42 Å². The first-order valence-corrected chi connectivity index (χ1v) is 11.1. The van der Waals surface area contributed by atoms with Crippen molar-refractivity contribution >= 4 is 35.0 Å². The number of aromatic amines is 1. The number of carbonyl (C=O) groups is 2. The van der Waals surface area contributed by atoms with Gasteiger partial charge in [0.05, 0.1) is 35.9 Å². The van der Waals surface area contributed by atoms with Crippen molar-refractivity contribution in [3.63, 3.8) is 0 Å². The van der Waals surface area contributed by atoms with Crippen LogP contribution in [-0.4, -0.2) is 55.9 Å². The molecule has 0 atom stereocenters. The minimum Gasteiger partial charge on any atom is -0.493 e. The molecule has 2 amide bonds. The summed E-state index contributed by atoms with van der Waals surface area (Å²) in [5.74, 6) is -0.397. The Morgan fingerprint density at radius 2 is 2.11 bits per heavy atom. The topological polar surface area (TPSA) is 127 Å². The van der Waals surface area contributed by atoms with Crippen LogP contribution < -0.4 is 25.4 Å². The van der Waals surface area contributed by atoms with Crippen molar-refractivity contribution in [1.82, 2.24) is 20.6 Å². The van der Waals surface area contributed by atoms with Crippen molar-refractivity contribution in [1.29, 1.82) is 0 Å². The maximum absolute atomic E-state index is 14.0. The van der Waals surface area contributed by atoms with Gasteiger partial charge in [-0.05, 0) is 18.2 Å². The molecule has 2 aromatic heterocycles. The lowest BCUT2D eigenvalue weighted by molar-refractivity contribution is 0.0946. The molecule has 0 fully saturated rings. The Morgan fingerprint density at radius 1 is 1.29 bits per heavy atom. The van der Waals surface area contributed by atoms with Crippen molar-refractivity contribution < 1.29 is 28.2 Å². The SMILES string of the molecule is CNC(=O)OCCOc1cnccc1-c1[nH]c2c(c1Nc1ccc(F)c(Cl)c1OC)C(=O)NCC2. The Balaban J connectivity index is 1.75. The number of rotatable bonds is 8. The summed E-state index contributed by atoms with van der Waals surface area (Å²) in [6.45, 7) is 0.582. The highest BCUT2D eigenvalue weighted by Crippen LogP contribution is 2.43. The van der Waals surface area contributed by atoms with E-state index >= 15 is 0 Å². The van der Waals surface area contributed by atoms with E-state index in [1.165, 1.54) is 32.5 Å². The summed E-state index contributed by atoms with van der Waals surface area (Å²) in [5, 5.41) is 8.20. The minimum atomic E-state index is -0.632. The number of nitrogens with zero attached hydrogens (tertiary/aromatic N) is 1. The lowest BCUT2D eigenvalue weighted by Crippen LogP contribution is -2.31. The van der Waals surface area contributed by atoms with Gasteiger partial charge in [-0.3, -0.25) is 9.78 Å². The number of ether oxygens (including phenoxy) is 3. The van der Waals surface area contributed by atoms with Crippen LogP contribution in [0.2, 0.25) is 5.02 Å². The van der Waals surface area contributed by atoms with Gasteiger partial charge in [0, 0.05) is 37.5 Å². The molecule has 184 valence electrons. The van der Waals surface area contributed by atoms with E-state index in [-0.39, 0.29) is 29.9 Å². The number of pyridine rings is 1. The van der Waals surface area contributed by atoms with Crippen LogP contribution in [-0.2, 0) is 11.2 Å². The number of hydrogen-bond acceptors (Lipinski definition) is 7. The standard InChI is InChI=1S/C23H23ClFN5O5/c1-26-23(32)35-10-9-34-16-11-27-7-5-12(16)19-20(17-14(29-19)6-8-28-22(17)31)30-15-4-3-13(25)18(24)21(15)33-2/h3-5,7,11,29-30H,6,8-10H2,1-2H3,(H,26,32)(H,28,31). The molecule has 0 bridgehead atoms. The van der Waals surface area contributed by atoms with Crippen LogP contribution in [0.15, 0.2) is 30.6 Å². The van der Waals surface area contributed by atoms with Crippen LogP contribution in [0.1, 0.15) is 16.1 Å². The third-order valence-corrected chi connectivity index (χ3v) is 5.66. The average molecular weight is 504 g/mol. The number of amides is 2. The van der Waals surface area contributed by atoms with Crippen LogP contribution in [0.25, 0.3) is 11.3 Å². The number of methoxy groups -OCH3 is 1. The molecule has 1 aliphatic rings. The number of anilines is 2. The number of benzene rings is 1. The van der Waals surface area contributed by atoms with E-state index in [9.17, 15) is 14.0 Å². The number of aromatic nitrogens is 2. The zero-order chi connectivity index (χ0) is 24.9. The number of fused-ring (bicyclic) bond motifs is 1. The molecule has 0 unspecified atom stereocenters. The molecule has 4 N–H and O–H groups in total. The second-order valence-corrected chi connectivity index (χ2v) is 7.79. The summed E-state index contributed by atoms with van der Waals surface area (Å²) < 4.78 is 30.1. The molecule has 0 saturated carbocycles. The predicted molar refractivity (Wildman–Crippen MR) is 127 cm³/mol. The molecule has 4 rings (SSSR count). The molecule has 10 nitrogen and oxygen atoms in total. The lowest BCUT2D eigenvalue weighted by Gasteiger charge is -2.17. The number of halogens is 2. The van der Waals surface area contributed by atoms with E-state index in [1.807, 2.05) is 0 Å². The van der Waals surface area contributed by atoms with Crippen LogP contribution in [0.5, 0.6) is 11.5 Å². The van der Waals surface area contributed by atoms with Crippen molar-refractivity contribution in [3.8, 4) is 22.8 Å². The van der Waals surface area contributed by atoms with Crippen molar-refractivity contribution in [3.05, 3.63) is 52.7 Å². The van der Waals surface area contributed by atoms with Gasteiger partial charge in [0.1, 0.15) is 29.8 Å². The monoisotopic (exact) mass is 503 g/mol. The number of nitrogens with one attached hydrogen (secondary N) is 4. The molecule has 35 heavy (non-hydrogen) atoms. The second-order valence-electron chi connectivity index (χ2n) is 7.41. The average Bonchev–Trinajstić information content (AvgIpc) is 3.23. The van der Waals surface area contributed by atoms with Crippen LogP contribution in [0.3, 0.4) is 0 Å². The van der Waals surface area contributed by atoms with E-state index in [1.54, 1.807) is 12.3 Å². The molecule has 0 spiro atoms. The van der Waals surface area contributed by atoms with Gasteiger partial charge >= 0.3 is 6.09 Å². The van der Waals surface area contributed by atoms with Gasteiger partial charge in [-0.15, -0.1) is 0 Å². The predicted octanol–water partition coefficient (Wildman–Crippen LogP) is 3.64. The summed E-state index contributed by atoms with van der Waals surface area (Å²) in [5.41, 5.74) is 3.12. The first-order valence-electron chi connectivity index (χ1n) is 10.7. The Bertz CT molecular complexity index is 1270. The first kappa shape index (κ1) is 24.1. The molecular formula is C23H23ClFN5O5. The first-order chi connectivity index (χ1) is 16.9. The molecule has 3 aromatic rings. The highest BCUT2D eigenvalue weighted by atomic mass is 35.5. The molecule has 0 aliphatic carbocycles. The molecule has 0 saturated heterocycles. The van der Waals surface area contributed by atoms with Gasteiger partial charge < -0.3 is 35.1 Å². The smallest absolute Gasteiger partial charge is 0.406 e. The zero-order valence-corrected chi connectivity index (χ0v) is 19.7. The van der Waals surface area contributed by atoms with Crippen LogP contribution >= 0.6 is 11.6 Å². The Hall–Kier alpha value is -3.99. The van der Waals surface area contributed by atoms with Crippen LogP contribution in [0, 0.1) is 5.82 Å². The lowest BCUT2D eigenvalue weighted by atomic mass is 10.0. The molecule has 0 radical (unpaired) electrons. The fourth-order valence-electron chi connectivity index (χ4n) is 3.73. The molecule has 3 heterocycles. The third kappa shape index (κ3) is 4.94. The summed E-state index contributed by atoms with van der Waals surface area (Å²) in [6, 6.07) is 4.41. The summed E-state index contributed by atoms with van der Waals surface area (Å²) >= 11 is 6.10. The minimum absolute atomic E-state index is 0.0218. The third-order valence-electron chi connectivity index (χ3n) is 5.31. The van der Waals surface area contributed by atoms with E-state index in [2.05, 4.69) is 25.9 Å². The largest absolute Gasteiger partial charge is 0.493 e. The summed E-state index contributed by atoms with van der Waals surface area (Å²) in [6.07, 6.45) is 3.12. The van der Waals surface area contributed by atoms with E-state index in [0.29, 0.717) is 46.9 Å². The van der Waals surface area contributed by atoms with Gasteiger partial charge in [0.25, 0.3) is 5.91 Å².